The van der Waals surface area contributed by atoms with Crippen molar-refractivity contribution in [2.75, 3.05) is 13.2 Å². The largest absolute Gasteiger partial charge is 0.403 e. The number of hydrogen-bond donors (Lipinski definition) is 3. The number of hydrogen-bond acceptors (Lipinski definition) is 7. The molecule has 12 heteroatoms. The molecule has 0 aromatic carbocycles. The molecule has 3 atom stereocenters. The smallest absolute Gasteiger partial charge is 0.363 e. The molecule has 1 aromatic rings. The number of ketones is 1. The van der Waals surface area contributed by atoms with Gasteiger partial charge in [0.2, 0.25) is 5.82 Å². The second-order valence-electron chi connectivity index (χ2n) is 4.46. The number of aromatic nitrogens is 3. The highest BCUT2D eigenvalue weighted by molar-refractivity contribution is 7.50. The lowest BCUT2D eigenvalue weighted by molar-refractivity contribution is -0.122. The predicted octanol–water partition coefficient (Wildman–Crippen LogP) is -1.04. The number of carbonyl (C=O) groups excluding carboxylic acids is 2. The molecule has 22 heavy (non-hydrogen) atoms. The minimum absolute atomic E-state index is 0.00171. The minimum Gasteiger partial charge on any atom is -0.363 e. The van der Waals surface area contributed by atoms with E-state index in [1.807, 2.05) is 0 Å². The fourth-order valence-electron chi connectivity index (χ4n) is 1.88. The van der Waals surface area contributed by atoms with Crippen LogP contribution in [0.2, 0.25) is 0 Å². The van der Waals surface area contributed by atoms with Gasteiger partial charge < -0.3 is 15.4 Å². The van der Waals surface area contributed by atoms with Gasteiger partial charge in [0.05, 0.1) is 13.0 Å². The van der Waals surface area contributed by atoms with Gasteiger partial charge in [0.15, 0.2) is 12.0 Å². The van der Waals surface area contributed by atoms with Crippen LogP contribution in [0.1, 0.15) is 30.2 Å². The molecule has 1 saturated heterocycles. The summed E-state index contributed by atoms with van der Waals surface area (Å²) in [5.74, 6) is -1.25. The van der Waals surface area contributed by atoms with Gasteiger partial charge in [-0.2, -0.15) is 0 Å². The highest BCUT2D eigenvalue weighted by Gasteiger charge is 2.36. The summed E-state index contributed by atoms with van der Waals surface area (Å²) in [6.45, 7) is 1.44. The fourth-order valence-corrected chi connectivity index (χ4v) is 2.72. The molecular weight excluding hydrogens is 317 g/mol. The fraction of sp³-hybridized carbons (Fsp3) is 0.600. The van der Waals surface area contributed by atoms with Crippen molar-refractivity contribution >= 4 is 19.4 Å². The van der Waals surface area contributed by atoms with Crippen LogP contribution in [-0.2, 0) is 18.6 Å². The van der Waals surface area contributed by atoms with E-state index in [1.54, 1.807) is 6.92 Å². The molecule has 2 heterocycles. The number of ether oxygens (including phenoxy) is 1. The van der Waals surface area contributed by atoms with Gasteiger partial charge in [0.25, 0.3) is 5.91 Å². The molecule has 1 fully saturated rings. The van der Waals surface area contributed by atoms with Crippen LogP contribution in [0.3, 0.4) is 0 Å². The second kappa shape index (κ2) is 6.63. The molecule has 0 aliphatic carbocycles. The first-order valence-corrected chi connectivity index (χ1v) is 8.01. The summed E-state index contributed by atoms with van der Waals surface area (Å²) in [6.07, 6.45) is -0.444. The Kier molecular flexibility index (Phi) is 5.04. The summed E-state index contributed by atoms with van der Waals surface area (Å²) in [5.41, 5.74) is 5.04. The van der Waals surface area contributed by atoms with E-state index in [-0.39, 0.29) is 31.2 Å². The molecule has 0 radical (unpaired) electrons. The normalized spacial score (nSPS) is 24.4. The highest BCUT2D eigenvalue weighted by Crippen LogP contribution is 2.37. The van der Waals surface area contributed by atoms with Gasteiger partial charge in [-0.15, -0.1) is 5.10 Å². The van der Waals surface area contributed by atoms with Gasteiger partial charge in [-0.25, -0.2) is 19.3 Å². The third kappa shape index (κ3) is 3.96. The summed E-state index contributed by atoms with van der Waals surface area (Å²) >= 11 is 0. The number of Topliss-reactive ketones (excluding diaryl/α,β-unsaturated/α-hetero) is 1. The average molecular weight is 333 g/mol. The Morgan fingerprint density at radius 1 is 1.73 bits per heavy atom. The first-order chi connectivity index (χ1) is 10.3. The van der Waals surface area contributed by atoms with Crippen LogP contribution < -0.4 is 10.8 Å². The van der Waals surface area contributed by atoms with Gasteiger partial charge >= 0.3 is 7.75 Å². The van der Waals surface area contributed by atoms with E-state index >= 15 is 0 Å². The SMILES string of the molecule is CCOP(=O)(O)NC[C@H]1O[C@@H](n2cnc(C(N)=O)n2)CC1=O. The van der Waals surface area contributed by atoms with E-state index in [9.17, 15) is 19.0 Å². The van der Waals surface area contributed by atoms with E-state index < -0.39 is 26.0 Å². The summed E-state index contributed by atoms with van der Waals surface area (Å²) in [6, 6.07) is 0. The van der Waals surface area contributed by atoms with E-state index in [0.29, 0.717) is 0 Å². The molecule has 4 N–H and O–H groups in total. The summed E-state index contributed by atoms with van der Waals surface area (Å²) in [7, 11) is -3.95. The van der Waals surface area contributed by atoms with Crippen LogP contribution in [0, 0.1) is 0 Å². The van der Waals surface area contributed by atoms with Crippen molar-refractivity contribution in [2.45, 2.75) is 25.7 Å². The Labute approximate surface area is 125 Å². The lowest BCUT2D eigenvalue weighted by Gasteiger charge is -2.15. The highest BCUT2D eigenvalue weighted by atomic mass is 31.2. The molecule has 0 saturated carbocycles. The monoisotopic (exact) mass is 333 g/mol. The molecule has 122 valence electrons. The number of rotatable bonds is 7. The molecule has 1 amide bonds. The number of amides is 1. The number of nitrogens with zero attached hydrogens (tertiary/aromatic N) is 3. The van der Waals surface area contributed by atoms with Crippen molar-refractivity contribution in [1.82, 2.24) is 19.9 Å². The Bertz CT molecular complexity index is 619. The minimum atomic E-state index is -3.95. The summed E-state index contributed by atoms with van der Waals surface area (Å²) < 4.78 is 22.7. The van der Waals surface area contributed by atoms with E-state index in [4.69, 9.17) is 10.5 Å². The van der Waals surface area contributed by atoms with Gasteiger partial charge in [0, 0.05) is 6.54 Å². The van der Waals surface area contributed by atoms with Crippen molar-refractivity contribution in [3.8, 4) is 0 Å². The Balaban J connectivity index is 1.95. The Morgan fingerprint density at radius 3 is 3.05 bits per heavy atom. The lowest BCUT2D eigenvalue weighted by atomic mass is 10.2. The van der Waals surface area contributed by atoms with Crippen LogP contribution in [-0.4, -0.2) is 50.6 Å². The van der Waals surface area contributed by atoms with Crippen LogP contribution in [0.5, 0.6) is 0 Å². The number of primary amides is 1. The van der Waals surface area contributed by atoms with E-state index in [2.05, 4.69) is 19.7 Å². The van der Waals surface area contributed by atoms with Crippen LogP contribution in [0.25, 0.3) is 0 Å². The van der Waals surface area contributed by atoms with Crippen molar-refractivity contribution in [3.05, 3.63) is 12.2 Å². The third-order valence-electron chi connectivity index (χ3n) is 2.86. The van der Waals surface area contributed by atoms with Crippen LogP contribution in [0.4, 0.5) is 0 Å². The van der Waals surface area contributed by atoms with Crippen molar-refractivity contribution in [3.63, 3.8) is 0 Å². The molecule has 1 unspecified atom stereocenters. The van der Waals surface area contributed by atoms with Gasteiger partial charge in [-0.1, -0.05) is 0 Å². The quantitative estimate of drug-likeness (QED) is 0.530. The molecular formula is C10H16N5O6P. The lowest BCUT2D eigenvalue weighted by Crippen LogP contribution is -2.30. The molecule has 1 aliphatic heterocycles. The molecule has 1 aliphatic rings. The van der Waals surface area contributed by atoms with Crippen molar-refractivity contribution < 1.29 is 28.3 Å². The number of carbonyl (C=O) groups is 2. The van der Waals surface area contributed by atoms with Gasteiger partial charge in [-0.05, 0) is 6.92 Å². The zero-order valence-electron chi connectivity index (χ0n) is 11.7. The number of nitrogens with one attached hydrogen (secondary N) is 1. The van der Waals surface area contributed by atoms with Crippen LogP contribution in [0.15, 0.2) is 6.33 Å². The predicted molar refractivity (Wildman–Crippen MR) is 71.5 cm³/mol. The average Bonchev–Trinajstić information content (AvgIpc) is 3.03. The maximum absolute atomic E-state index is 11.8. The zero-order valence-corrected chi connectivity index (χ0v) is 12.6. The topological polar surface area (TPSA) is 159 Å². The molecule has 2 rings (SSSR count). The summed E-state index contributed by atoms with van der Waals surface area (Å²) in [5, 5.41) is 6.05. The van der Waals surface area contributed by atoms with Crippen molar-refractivity contribution in [1.29, 1.82) is 0 Å². The molecule has 0 spiro atoms. The molecule has 1 aromatic heterocycles. The molecule has 0 bridgehead atoms. The summed E-state index contributed by atoms with van der Waals surface area (Å²) in [4.78, 5) is 35.8. The zero-order chi connectivity index (χ0) is 16.3. The van der Waals surface area contributed by atoms with E-state index in [0.717, 1.165) is 0 Å². The van der Waals surface area contributed by atoms with E-state index in [1.165, 1.54) is 11.0 Å². The second-order valence-corrected chi connectivity index (χ2v) is 6.08. The first kappa shape index (κ1) is 16.7. The Hall–Kier alpha value is -1.65. The van der Waals surface area contributed by atoms with Crippen LogP contribution >= 0.6 is 7.75 Å². The molecule has 11 nitrogen and oxygen atoms in total. The Morgan fingerprint density at radius 2 is 2.45 bits per heavy atom. The standard InChI is InChI=1S/C10H16N5O6P/c1-2-20-22(18,19)13-4-7-6(16)3-8(21-7)15-5-12-10(14-15)9(11)17/h5,7-8H,2-4H2,1H3,(H2,11,17)(H2,13,18,19)/t7-,8-/m1/s1. The maximum Gasteiger partial charge on any atom is 0.403 e. The first-order valence-electron chi connectivity index (χ1n) is 6.44. The third-order valence-corrected chi connectivity index (χ3v) is 4.05. The maximum atomic E-state index is 11.8. The van der Waals surface area contributed by atoms with Crippen molar-refractivity contribution in [2.24, 2.45) is 5.73 Å². The van der Waals surface area contributed by atoms with Gasteiger partial charge in [-0.3, -0.25) is 14.1 Å². The van der Waals surface area contributed by atoms with Gasteiger partial charge in [0.1, 0.15) is 12.4 Å². The number of nitrogens with two attached hydrogens (primary N) is 1.